The number of nitrogens with one attached hydrogen (secondary N) is 1. The van der Waals surface area contributed by atoms with Crippen molar-refractivity contribution in [3.05, 3.63) is 40.6 Å². The Bertz CT molecular complexity index is 442. The lowest BCUT2D eigenvalue weighted by Crippen LogP contribution is -2.02. The van der Waals surface area contributed by atoms with Crippen molar-refractivity contribution >= 4 is 22.7 Å². The lowest BCUT2D eigenvalue weighted by molar-refractivity contribution is 0.628. The van der Waals surface area contributed by atoms with Crippen LogP contribution in [0.2, 0.25) is 0 Å². The minimum absolute atomic E-state index is 0.300. The summed E-state index contributed by atoms with van der Waals surface area (Å²) in [7, 11) is 0. The van der Waals surface area contributed by atoms with Crippen LogP contribution in [0, 0.1) is 5.82 Å². The Morgan fingerprint density at radius 1 is 1.47 bits per heavy atom. The third-order valence-corrected chi connectivity index (χ3v) is 2.71. The number of aromatic nitrogens is 1. The molecule has 1 aromatic carbocycles. The molecule has 0 saturated carbocycles. The van der Waals surface area contributed by atoms with Gasteiger partial charge in [0.25, 0.3) is 0 Å². The summed E-state index contributed by atoms with van der Waals surface area (Å²) in [6.45, 7) is 0.561. The molecule has 78 valence electrons. The lowest BCUT2D eigenvalue weighted by atomic mass is 10.2. The molecule has 0 fully saturated rings. The van der Waals surface area contributed by atoms with Crippen molar-refractivity contribution in [1.82, 2.24) is 4.98 Å². The van der Waals surface area contributed by atoms with Crippen molar-refractivity contribution in [2.45, 2.75) is 6.54 Å². The number of hydrogen-bond donors (Lipinski definition) is 2. The molecule has 0 radical (unpaired) electrons. The monoisotopic (exact) mass is 223 g/mol. The first-order valence-electron chi connectivity index (χ1n) is 4.43. The van der Waals surface area contributed by atoms with E-state index in [9.17, 15) is 4.39 Å². The third kappa shape index (κ3) is 2.44. The number of rotatable bonds is 3. The average Bonchev–Trinajstić information content (AvgIpc) is 2.72. The molecule has 0 bridgehead atoms. The van der Waals surface area contributed by atoms with Crippen molar-refractivity contribution in [2.75, 3.05) is 11.1 Å². The number of nitrogens with two attached hydrogens (primary N) is 1. The second kappa shape index (κ2) is 4.27. The van der Waals surface area contributed by atoms with Gasteiger partial charge in [0.15, 0.2) is 0 Å². The van der Waals surface area contributed by atoms with Gasteiger partial charge in [0.1, 0.15) is 10.8 Å². The van der Waals surface area contributed by atoms with Crippen LogP contribution in [0.25, 0.3) is 0 Å². The molecule has 0 spiro atoms. The van der Waals surface area contributed by atoms with Crippen molar-refractivity contribution < 1.29 is 4.39 Å². The van der Waals surface area contributed by atoms with E-state index in [1.54, 1.807) is 23.6 Å². The van der Waals surface area contributed by atoms with Gasteiger partial charge in [-0.3, -0.25) is 0 Å². The molecule has 15 heavy (non-hydrogen) atoms. The van der Waals surface area contributed by atoms with E-state index in [1.807, 2.05) is 5.38 Å². The van der Waals surface area contributed by atoms with Gasteiger partial charge in [-0.1, -0.05) is 0 Å². The van der Waals surface area contributed by atoms with Gasteiger partial charge in [0, 0.05) is 11.6 Å². The van der Waals surface area contributed by atoms with Gasteiger partial charge in [0.05, 0.1) is 17.9 Å². The largest absolute Gasteiger partial charge is 0.397 e. The smallest absolute Gasteiger partial charge is 0.125 e. The minimum atomic E-state index is -0.300. The summed E-state index contributed by atoms with van der Waals surface area (Å²) in [5, 5.41) is 5.88. The Labute approximate surface area is 90.8 Å². The van der Waals surface area contributed by atoms with E-state index >= 15 is 0 Å². The van der Waals surface area contributed by atoms with Gasteiger partial charge in [-0.15, -0.1) is 11.3 Å². The predicted octanol–water partition coefficient (Wildman–Crippen LogP) is 2.48. The molecule has 0 aliphatic rings. The molecular formula is C10H10FN3S. The summed E-state index contributed by atoms with van der Waals surface area (Å²) in [5.74, 6) is -0.300. The number of hydrogen-bond acceptors (Lipinski definition) is 4. The van der Waals surface area contributed by atoms with Crippen LogP contribution >= 0.6 is 11.3 Å². The Hall–Kier alpha value is -1.62. The van der Waals surface area contributed by atoms with E-state index in [2.05, 4.69) is 10.3 Å². The molecule has 2 rings (SSSR count). The number of benzene rings is 1. The van der Waals surface area contributed by atoms with E-state index in [4.69, 9.17) is 5.73 Å². The first-order valence-corrected chi connectivity index (χ1v) is 5.31. The molecule has 2 aromatic rings. The fraction of sp³-hybridized carbons (Fsp3) is 0.100. The van der Waals surface area contributed by atoms with Crippen LogP contribution in [0.5, 0.6) is 0 Å². The second-order valence-corrected chi connectivity index (χ2v) is 3.99. The highest BCUT2D eigenvalue weighted by Crippen LogP contribution is 2.20. The van der Waals surface area contributed by atoms with Gasteiger partial charge >= 0.3 is 0 Å². The molecule has 0 atom stereocenters. The van der Waals surface area contributed by atoms with Crippen LogP contribution in [-0.2, 0) is 6.54 Å². The van der Waals surface area contributed by atoms with E-state index in [-0.39, 0.29) is 5.82 Å². The molecule has 0 amide bonds. The zero-order valence-corrected chi connectivity index (χ0v) is 8.72. The van der Waals surface area contributed by atoms with Crippen molar-refractivity contribution in [1.29, 1.82) is 0 Å². The number of anilines is 2. The van der Waals surface area contributed by atoms with Crippen LogP contribution in [0.4, 0.5) is 15.8 Å². The van der Waals surface area contributed by atoms with Gasteiger partial charge in [0.2, 0.25) is 0 Å². The number of thiazole rings is 1. The van der Waals surface area contributed by atoms with Crippen LogP contribution in [0.3, 0.4) is 0 Å². The van der Waals surface area contributed by atoms with Gasteiger partial charge in [-0.25, -0.2) is 9.37 Å². The SMILES string of the molecule is Nc1ccc(F)cc1NCc1nccs1. The predicted molar refractivity (Wildman–Crippen MR) is 60.3 cm³/mol. The quantitative estimate of drug-likeness (QED) is 0.786. The van der Waals surface area contributed by atoms with Gasteiger partial charge < -0.3 is 11.1 Å². The zero-order valence-electron chi connectivity index (χ0n) is 7.90. The van der Waals surface area contributed by atoms with Crippen LogP contribution < -0.4 is 11.1 Å². The number of halogens is 1. The minimum Gasteiger partial charge on any atom is -0.397 e. The summed E-state index contributed by atoms with van der Waals surface area (Å²) < 4.78 is 12.9. The van der Waals surface area contributed by atoms with Crippen molar-refractivity contribution in [2.24, 2.45) is 0 Å². The molecule has 3 nitrogen and oxygen atoms in total. The summed E-state index contributed by atoms with van der Waals surface area (Å²) >= 11 is 1.54. The summed E-state index contributed by atoms with van der Waals surface area (Å²) in [6.07, 6.45) is 1.73. The van der Waals surface area contributed by atoms with Gasteiger partial charge in [-0.2, -0.15) is 0 Å². The van der Waals surface area contributed by atoms with E-state index in [0.717, 1.165) is 5.01 Å². The first kappa shape index (κ1) is 9.92. The molecule has 0 aliphatic heterocycles. The van der Waals surface area contributed by atoms with Gasteiger partial charge in [-0.05, 0) is 18.2 Å². The van der Waals surface area contributed by atoms with Crippen molar-refractivity contribution in [3.63, 3.8) is 0 Å². The highest BCUT2D eigenvalue weighted by atomic mass is 32.1. The molecular weight excluding hydrogens is 213 g/mol. The Morgan fingerprint density at radius 3 is 3.07 bits per heavy atom. The second-order valence-electron chi connectivity index (χ2n) is 3.01. The average molecular weight is 223 g/mol. The summed E-state index contributed by atoms with van der Waals surface area (Å²) in [5.41, 5.74) is 6.82. The van der Waals surface area contributed by atoms with E-state index < -0.39 is 0 Å². The molecule has 1 heterocycles. The summed E-state index contributed by atoms with van der Waals surface area (Å²) in [6, 6.07) is 4.26. The number of nitrogens with zero attached hydrogens (tertiary/aromatic N) is 1. The molecule has 0 saturated heterocycles. The number of nitrogen functional groups attached to an aromatic ring is 1. The fourth-order valence-corrected chi connectivity index (χ4v) is 1.75. The maximum Gasteiger partial charge on any atom is 0.125 e. The Balaban J connectivity index is 2.07. The van der Waals surface area contributed by atoms with Crippen LogP contribution in [0.1, 0.15) is 5.01 Å². The molecule has 1 aromatic heterocycles. The maximum atomic E-state index is 12.9. The summed E-state index contributed by atoms with van der Waals surface area (Å²) in [4.78, 5) is 4.10. The molecule has 0 unspecified atom stereocenters. The van der Waals surface area contributed by atoms with Crippen molar-refractivity contribution in [3.8, 4) is 0 Å². The maximum absolute atomic E-state index is 12.9. The highest BCUT2D eigenvalue weighted by molar-refractivity contribution is 7.09. The highest BCUT2D eigenvalue weighted by Gasteiger charge is 2.01. The van der Waals surface area contributed by atoms with Crippen LogP contribution in [0.15, 0.2) is 29.8 Å². The molecule has 0 aliphatic carbocycles. The molecule has 3 N–H and O–H groups in total. The lowest BCUT2D eigenvalue weighted by Gasteiger charge is -2.07. The first-order chi connectivity index (χ1) is 7.25. The normalized spacial score (nSPS) is 10.2. The Kier molecular flexibility index (Phi) is 2.82. The van der Waals surface area contributed by atoms with E-state index in [0.29, 0.717) is 17.9 Å². The third-order valence-electron chi connectivity index (χ3n) is 1.93. The van der Waals surface area contributed by atoms with Crippen LogP contribution in [-0.4, -0.2) is 4.98 Å². The topological polar surface area (TPSA) is 50.9 Å². The Morgan fingerprint density at radius 2 is 2.33 bits per heavy atom. The molecule has 5 heteroatoms. The standard InChI is InChI=1S/C10H10FN3S/c11-7-1-2-8(12)9(5-7)14-6-10-13-3-4-15-10/h1-5,14H,6,12H2. The van der Waals surface area contributed by atoms with E-state index in [1.165, 1.54) is 12.1 Å². The zero-order chi connectivity index (χ0) is 10.7. The fourth-order valence-electron chi connectivity index (χ4n) is 1.19.